The van der Waals surface area contributed by atoms with Crippen molar-refractivity contribution in [2.45, 2.75) is 38.0 Å². The molecule has 0 aliphatic carbocycles. The summed E-state index contributed by atoms with van der Waals surface area (Å²) in [6.45, 7) is 7.85. The van der Waals surface area contributed by atoms with Gasteiger partial charge in [0.15, 0.2) is 5.13 Å². The van der Waals surface area contributed by atoms with Crippen LogP contribution in [-0.4, -0.2) is 28.2 Å². The number of thioether (sulfide) groups is 1. The summed E-state index contributed by atoms with van der Waals surface area (Å²) >= 11 is 2.92. The third kappa shape index (κ3) is 3.83. The molecule has 1 atom stereocenters. The minimum Gasteiger partial charge on any atom is -0.494 e. The van der Waals surface area contributed by atoms with E-state index >= 15 is 0 Å². The number of nitrogens with one attached hydrogen (secondary N) is 1. The van der Waals surface area contributed by atoms with E-state index in [0.717, 1.165) is 37.8 Å². The van der Waals surface area contributed by atoms with Crippen LogP contribution in [0.3, 0.4) is 0 Å². The number of thiazole rings is 1. The van der Waals surface area contributed by atoms with E-state index in [0.29, 0.717) is 5.13 Å². The van der Waals surface area contributed by atoms with Gasteiger partial charge in [-0.25, -0.2) is 9.97 Å². The Balaban J connectivity index is 1.80. The van der Waals surface area contributed by atoms with Crippen LogP contribution < -0.4 is 10.1 Å². The van der Waals surface area contributed by atoms with E-state index in [1.54, 1.807) is 7.11 Å². The molecule has 2 aromatic heterocycles. The molecule has 0 aliphatic heterocycles. The van der Waals surface area contributed by atoms with Crippen molar-refractivity contribution in [3.8, 4) is 5.75 Å². The summed E-state index contributed by atoms with van der Waals surface area (Å²) in [5, 5.41) is 5.10. The van der Waals surface area contributed by atoms with Gasteiger partial charge in [-0.3, -0.25) is 4.79 Å². The van der Waals surface area contributed by atoms with Crippen molar-refractivity contribution < 1.29 is 9.53 Å². The number of hydrogen-bond acceptors (Lipinski definition) is 6. The maximum atomic E-state index is 12.5. The Morgan fingerprint density at radius 2 is 2.04 bits per heavy atom. The number of aromatic nitrogens is 2. The molecule has 1 unspecified atom stereocenters. The Kier molecular flexibility index (Phi) is 5.48. The van der Waals surface area contributed by atoms with Crippen molar-refractivity contribution in [2.24, 2.45) is 0 Å². The second kappa shape index (κ2) is 7.63. The highest BCUT2D eigenvalue weighted by Gasteiger charge is 2.18. The fourth-order valence-electron chi connectivity index (χ4n) is 2.55. The molecule has 26 heavy (non-hydrogen) atoms. The van der Waals surface area contributed by atoms with Crippen LogP contribution in [0.4, 0.5) is 5.13 Å². The van der Waals surface area contributed by atoms with Gasteiger partial charge in [-0.05, 0) is 45.4 Å². The van der Waals surface area contributed by atoms with E-state index in [9.17, 15) is 4.79 Å². The van der Waals surface area contributed by atoms with Crippen LogP contribution in [0.2, 0.25) is 0 Å². The van der Waals surface area contributed by atoms with Crippen LogP contribution in [-0.2, 0) is 4.79 Å². The molecule has 1 N–H and O–H groups in total. The number of ether oxygens (including phenoxy) is 1. The second-order valence-corrected chi connectivity index (χ2v) is 8.61. The fraction of sp³-hybridized carbons (Fsp3) is 0.316. The summed E-state index contributed by atoms with van der Waals surface area (Å²) in [6, 6.07) is 7.88. The molecule has 3 rings (SSSR count). The molecule has 0 bridgehead atoms. The predicted molar refractivity (Wildman–Crippen MR) is 109 cm³/mol. The average Bonchev–Trinajstić information content (AvgIpc) is 2.91. The number of rotatable bonds is 5. The average molecular weight is 388 g/mol. The van der Waals surface area contributed by atoms with E-state index in [1.807, 2.05) is 52.0 Å². The molecule has 7 heteroatoms. The maximum absolute atomic E-state index is 12.5. The number of anilines is 1. The van der Waals surface area contributed by atoms with Gasteiger partial charge in [-0.2, -0.15) is 0 Å². The van der Waals surface area contributed by atoms with Gasteiger partial charge in [0, 0.05) is 10.3 Å². The lowest BCUT2D eigenvalue weighted by Crippen LogP contribution is -2.22. The minimum absolute atomic E-state index is 0.0803. The normalized spacial score (nSPS) is 12.2. The first-order valence-electron chi connectivity index (χ1n) is 8.25. The molecule has 0 radical (unpaired) electrons. The molecule has 1 aromatic carbocycles. The topological polar surface area (TPSA) is 64.1 Å². The van der Waals surface area contributed by atoms with Crippen molar-refractivity contribution in [2.75, 3.05) is 12.4 Å². The van der Waals surface area contributed by atoms with Crippen LogP contribution in [0.15, 0.2) is 29.3 Å². The van der Waals surface area contributed by atoms with E-state index in [4.69, 9.17) is 9.72 Å². The number of nitrogens with zero attached hydrogens (tertiary/aromatic N) is 2. The molecule has 1 amide bonds. The van der Waals surface area contributed by atoms with Gasteiger partial charge in [0.2, 0.25) is 5.91 Å². The lowest BCUT2D eigenvalue weighted by atomic mass is 10.1. The van der Waals surface area contributed by atoms with E-state index < -0.39 is 0 Å². The third-order valence-corrected chi connectivity index (χ3v) is 6.14. The highest BCUT2D eigenvalue weighted by atomic mass is 32.2. The monoisotopic (exact) mass is 387 g/mol. The Morgan fingerprint density at radius 1 is 1.27 bits per heavy atom. The number of pyridine rings is 1. The highest BCUT2D eigenvalue weighted by Crippen LogP contribution is 2.31. The first kappa shape index (κ1) is 18.7. The number of amides is 1. The Hall–Kier alpha value is -2.12. The zero-order chi connectivity index (χ0) is 18.8. The van der Waals surface area contributed by atoms with Gasteiger partial charge in [0.05, 0.1) is 23.1 Å². The summed E-state index contributed by atoms with van der Waals surface area (Å²) in [5.41, 5.74) is 2.87. The number of methoxy groups -OCH3 is 1. The van der Waals surface area contributed by atoms with Gasteiger partial charge in [-0.15, -0.1) is 11.3 Å². The molecule has 0 saturated carbocycles. The lowest BCUT2D eigenvalue weighted by Gasteiger charge is -2.13. The Labute approximate surface area is 161 Å². The fourth-order valence-corrected chi connectivity index (χ4v) is 4.29. The SMILES string of the molecule is COc1cccc2c(C)cc(SC(C)C(=O)Nc3nc(C)c(C)s3)nc12. The van der Waals surface area contributed by atoms with Crippen molar-refractivity contribution in [1.82, 2.24) is 9.97 Å². The highest BCUT2D eigenvalue weighted by molar-refractivity contribution is 8.00. The number of fused-ring (bicyclic) bond motifs is 1. The summed E-state index contributed by atoms with van der Waals surface area (Å²) in [6.07, 6.45) is 0. The zero-order valence-electron chi connectivity index (χ0n) is 15.4. The zero-order valence-corrected chi connectivity index (χ0v) is 17.0. The summed E-state index contributed by atoms with van der Waals surface area (Å²) in [4.78, 5) is 22.7. The van der Waals surface area contributed by atoms with Crippen molar-refractivity contribution in [3.05, 3.63) is 40.4 Å². The number of hydrogen-bond donors (Lipinski definition) is 1. The molecular weight excluding hydrogens is 366 g/mol. The number of benzene rings is 1. The molecule has 136 valence electrons. The molecule has 0 aliphatic rings. The summed E-state index contributed by atoms with van der Waals surface area (Å²) < 4.78 is 5.42. The minimum atomic E-state index is -0.293. The van der Waals surface area contributed by atoms with E-state index in [1.165, 1.54) is 23.1 Å². The maximum Gasteiger partial charge on any atom is 0.239 e. The first-order valence-corrected chi connectivity index (χ1v) is 9.94. The molecule has 0 spiro atoms. The number of para-hydroxylation sites is 1. The van der Waals surface area contributed by atoms with Crippen molar-refractivity contribution in [3.63, 3.8) is 0 Å². The smallest absolute Gasteiger partial charge is 0.239 e. The van der Waals surface area contributed by atoms with E-state index in [2.05, 4.69) is 10.3 Å². The largest absolute Gasteiger partial charge is 0.494 e. The van der Waals surface area contributed by atoms with Crippen LogP contribution in [0.1, 0.15) is 23.1 Å². The van der Waals surface area contributed by atoms with Crippen molar-refractivity contribution >= 4 is 45.0 Å². The van der Waals surface area contributed by atoms with Gasteiger partial charge in [-0.1, -0.05) is 23.9 Å². The second-order valence-electron chi connectivity index (χ2n) is 6.04. The molecule has 0 fully saturated rings. The van der Waals surface area contributed by atoms with Gasteiger partial charge >= 0.3 is 0 Å². The Bertz CT molecular complexity index is 949. The molecular formula is C19H21N3O2S2. The predicted octanol–water partition coefficient (Wildman–Crippen LogP) is 4.74. The summed E-state index contributed by atoms with van der Waals surface area (Å²) in [5.74, 6) is 0.655. The van der Waals surface area contributed by atoms with Crippen LogP contribution in [0, 0.1) is 20.8 Å². The third-order valence-electron chi connectivity index (χ3n) is 4.13. The number of aryl methyl sites for hydroxylation is 3. The molecule has 5 nitrogen and oxygen atoms in total. The lowest BCUT2D eigenvalue weighted by molar-refractivity contribution is -0.115. The summed E-state index contributed by atoms with van der Waals surface area (Å²) in [7, 11) is 1.64. The van der Waals surface area contributed by atoms with Crippen LogP contribution in [0.25, 0.3) is 10.9 Å². The van der Waals surface area contributed by atoms with Gasteiger partial charge < -0.3 is 10.1 Å². The number of carbonyl (C=O) groups is 1. The van der Waals surface area contributed by atoms with Gasteiger partial charge in [0.1, 0.15) is 11.3 Å². The quantitative estimate of drug-likeness (QED) is 0.640. The van der Waals surface area contributed by atoms with Crippen molar-refractivity contribution in [1.29, 1.82) is 0 Å². The number of carbonyl (C=O) groups excluding carboxylic acids is 1. The standard InChI is InChI=1S/C19H21N3O2S2/c1-10-9-16(21-17-14(10)7-6-8-15(17)24-5)25-13(4)18(23)22-19-20-11(2)12(3)26-19/h6-9,13H,1-5H3,(H,20,22,23). The molecule has 3 aromatic rings. The van der Waals surface area contributed by atoms with Gasteiger partial charge in [0.25, 0.3) is 0 Å². The Morgan fingerprint density at radius 3 is 2.69 bits per heavy atom. The molecule has 2 heterocycles. The molecule has 0 saturated heterocycles. The first-order chi connectivity index (χ1) is 12.4. The van der Waals surface area contributed by atoms with E-state index in [-0.39, 0.29) is 11.2 Å². The van der Waals surface area contributed by atoms with Crippen LogP contribution in [0.5, 0.6) is 5.75 Å². The van der Waals surface area contributed by atoms with Crippen LogP contribution >= 0.6 is 23.1 Å².